The van der Waals surface area contributed by atoms with Crippen LogP contribution in [0, 0.1) is 11.6 Å². The second-order valence-corrected chi connectivity index (χ2v) is 13.6. The number of hydrogen-bond acceptors (Lipinski definition) is 7. The van der Waals surface area contributed by atoms with Crippen LogP contribution in [-0.2, 0) is 37.7 Å². The average molecular weight is 532 g/mol. The van der Waals surface area contributed by atoms with Gasteiger partial charge in [-0.1, -0.05) is 35.9 Å². The van der Waals surface area contributed by atoms with Crippen LogP contribution in [0.4, 0.5) is 8.78 Å². The van der Waals surface area contributed by atoms with Crippen molar-refractivity contribution >= 4 is 40.5 Å². The average Bonchev–Trinajstić information content (AvgIpc) is 3.31. The summed E-state index contributed by atoms with van der Waals surface area (Å²) < 4.78 is 47.7. The van der Waals surface area contributed by atoms with Gasteiger partial charge in [-0.2, -0.15) is 5.10 Å². The van der Waals surface area contributed by atoms with Crippen molar-refractivity contribution in [2.45, 2.75) is 37.3 Å². The Balaban J connectivity index is 1.71. The second-order valence-electron chi connectivity index (χ2n) is 7.11. The molecule has 1 aliphatic heterocycles. The Morgan fingerprint density at radius 1 is 1.21 bits per heavy atom. The highest BCUT2D eigenvalue weighted by Gasteiger charge is 2.61. The summed E-state index contributed by atoms with van der Waals surface area (Å²) in [6, 6.07) is 10.6. The minimum absolute atomic E-state index is 0.0986. The van der Waals surface area contributed by atoms with E-state index in [2.05, 4.69) is 10.1 Å². The summed E-state index contributed by atoms with van der Waals surface area (Å²) in [5.41, 5.74) is -2.97. The molecule has 0 aliphatic carbocycles. The fourth-order valence-electron chi connectivity index (χ4n) is 3.58. The molecule has 1 aromatic heterocycles. The lowest BCUT2D eigenvalue weighted by molar-refractivity contribution is 0.250. The molecular weight excluding hydrogens is 511 g/mol. The van der Waals surface area contributed by atoms with Gasteiger partial charge in [0, 0.05) is 33.6 Å². The number of nitrogens with zero attached hydrogens (tertiary/aromatic N) is 3. The van der Waals surface area contributed by atoms with Crippen molar-refractivity contribution < 1.29 is 22.6 Å². The first-order valence-corrected chi connectivity index (χ1v) is 14.6. The molecule has 0 saturated carbocycles. The van der Waals surface area contributed by atoms with Crippen LogP contribution >= 0.6 is 28.7 Å². The van der Waals surface area contributed by atoms with Crippen molar-refractivity contribution in [1.29, 1.82) is 0 Å². The van der Waals surface area contributed by atoms with E-state index < -0.39 is 29.0 Å². The van der Waals surface area contributed by atoms with E-state index in [0.29, 0.717) is 29.0 Å². The summed E-state index contributed by atoms with van der Waals surface area (Å²) in [6.45, 7) is 4.55. The van der Waals surface area contributed by atoms with Gasteiger partial charge in [-0.05, 0) is 37.8 Å². The molecule has 1 aliphatic rings. The predicted molar refractivity (Wildman–Crippen MR) is 127 cm³/mol. The molecule has 33 heavy (non-hydrogen) atoms. The Morgan fingerprint density at radius 3 is 2.61 bits per heavy atom. The van der Waals surface area contributed by atoms with Crippen LogP contribution < -0.4 is 0 Å². The minimum atomic E-state index is -2.71. The number of benzene rings is 2. The van der Waals surface area contributed by atoms with E-state index in [1.54, 1.807) is 16.8 Å². The van der Waals surface area contributed by atoms with Gasteiger partial charge in [0.2, 0.25) is 0 Å². The maximum atomic E-state index is 14.9. The molecule has 1 saturated heterocycles. The molecule has 0 spiro atoms. The highest BCUT2D eigenvalue weighted by Crippen LogP contribution is 2.64. The van der Waals surface area contributed by atoms with Gasteiger partial charge in [-0.15, -0.1) is 0 Å². The van der Waals surface area contributed by atoms with Crippen LogP contribution in [0.25, 0.3) is 0 Å². The molecule has 2 atom stereocenters. The zero-order valence-corrected chi connectivity index (χ0v) is 21.1. The number of aromatic nitrogens is 3. The fourth-order valence-corrected chi connectivity index (χ4v) is 8.34. The number of hydrogen-bond donors (Lipinski definition) is 0. The van der Waals surface area contributed by atoms with E-state index in [0.717, 1.165) is 6.07 Å². The van der Waals surface area contributed by atoms with E-state index in [-0.39, 0.29) is 12.1 Å². The van der Waals surface area contributed by atoms with Crippen LogP contribution in [0.1, 0.15) is 31.1 Å². The SMILES string of the molecule is CCOP(=S)(OCC)Sc1ncnn1C[C@]1(c2ccc(F)cc2F)O[C@@H]1c1ccccc1Cl. The van der Waals surface area contributed by atoms with E-state index >= 15 is 0 Å². The molecule has 0 unspecified atom stereocenters. The second kappa shape index (κ2) is 10.1. The largest absolute Gasteiger partial charge is 0.354 e. The Labute approximate surface area is 204 Å². The number of ether oxygens (including phenoxy) is 1. The van der Waals surface area contributed by atoms with Gasteiger partial charge in [-0.3, -0.25) is 0 Å². The van der Waals surface area contributed by atoms with E-state index in [1.807, 2.05) is 26.0 Å². The smallest absolute Gasteiger partial charge is 0.255 e. The molecule has 0 radical (unpaired) electrons. The third kappa shape index (κ3) is 5.17. The number of halogens is 3. The standard InChI is InChI=1S/C21H21ClF2N3O3PS2/c1-3-28-31(32,29-4-2)33-20-25-13-26-27(20)12-21(16-10-9-14(23)11-18(16)24)19(30-21)15-7-5-6-8-17(15)22/h5-11,13,19H,3-4,12H2,1-2H3/t19-,21-/m1/s1. The molecule has 1 fully saturated rings. The van der Waals surface area contributed by atoms with Gasteiger partial charge in [0.05, 0.1) is 19.8 Å². The molecule has 0 N–H and O–H groups in total. The lowest BCUT2D eigenvalue weighted by atomic mass is 9.91. The summed E-state index contributed by atoms with van der Waals surface area (Å²) >= 11 is 13.2. The van der Waals surface area contributed by atoms with Gasteiger partial charge in [0.25, 0.3) is 5.69 Å². The fraction of sp³-hybridized carbons (Fsp3) is 0.333. The van der Waals surface area contributed by atoms with Crippen LogP contribution in [0.2, 0.25) is 5.02 Å². The molecule has 3 aromatic rings. The quantitative estimate of drug-likeness (QED) is 0.226. The number of epoxide rings is 1. The van der Waals surface area contributed by atoms with Crippen molar-refractivity contribution in [3.8, 4) is 0 Å². The Morgan fingerprint density at radius 2 is 1.94 bits per heavy atom. The zero-order valence-electron chi connectivity index (χ0n) is 17.8. The van der Waals surface area contributed by atoms with Crippen molar-refractivity contribution in [3.63, 3.8) is 0 Å². The predicted octanol–water partition coefficient (Wildman–Crippen LogP) is 6.27. The Bertz CT molecular complexity index is 1190. The van der Waals surface area contributed by atoms with Crippen LogP contribution in [0.15, 0.2) is 53.9 Å². The lowest BCUT2D eigenvalue weighted by Crippen LogP contribution is -2.22. The maximum absolute atomic E-state index is 14.9. The van der Waals surface area contributed by atoms with Crippen molar-refractivity contribution in [3.05, 3.63) is 76.6 Å². The number of rotatable bonds is 10. The van der Waals surface area contributed by atoms with Crippen LogP contribution in [0.3, 0.4) is 0 Å². The van der Waals surface area contributed by atoms with Crippen molar-refractivity contribution in [2.75, 3.05) is 13.2 Å². The van der Waals surface area contributed by atoms with E-state index in [1.165, 1.54) is 29.8 Å². The maximum Gasteiger partial charge on any atom is 0.255 e. The van der Waals surface area contributed by atoms with Gasteiger partial charge in [0.1, 0.15) is 29.7 Å². The Kier molecular flexibility index (Phi) is 7.55. The van der Waals surface area contributed by atoms with Gasteiger partial charge >= 0.3 is 0 Å². The minimum Gasteiger partial charge on any atom is -0.354 e. The molecule has 12 heteroatoms. The summed E-state index contributed by atoms with van der Waals surface area (Å²) in [5.74, 6) is -1.39. The summed E-state index contributed by atoms with van der Waals surface area (Å²) in [6.07, 6.45) is 0.816. The first kappa shape index (κ1) is 24.7. The van der Waals surface area contributed by atoms with Crippen LogP contribution in [0.5, 0.6) is 0 Å². The third-order valence-electron chi connectivity index (χ3n) is 5.00. The van der Waals surface area contributed by atoms with Gasteiger partial charge in [0.15, 0.2) is 5.16 Å². The molecule has 0 amide bonds. The topological polar surface area (TPSA) is 61.7 Å². The van der Waals surface area contributed by atoms with Gasteiger partial charge in [-0.25, -0.2) is 18.4 Å². The molecule has 6 nitrogen and oxygen atoms in total. The van der Waals surface area contributed by atoms with Gasteiger partial charge < -0.3 is 13.8 Å². The third-order valence-corrected chi connectivity index (χ3v) is 10.3. The van der Waals surface area contributed by atoms with E-state index in [4.69, 9.17) is 37.2 Å². The molecular formula is C21H21ClF2N3O3PS2. The summed E-state index contributed by atoms with van der Waals surface area (Å²) in [4.78, 5) is 4.30. The van der Waals surface area contributed by atoms with Crippen LogP contribution in [-0.4, -0.2) is 28.0 Å². The first-order chi connectivity index (χ1) is 15.8. The monoisotopic (exact) mass is 531 g/mol. The van der Waals surface area contributed by atoms with Crippen molar-refractivity contribution in [2.24, 2.45) is 0 Å². The zero-order chi connectivity index (χ0) is 23.6. The highest BCUT2D eigenvalue weighted by molar-refractivity contribution is 8.67. The lowest BCUT2D eigenvalue weighted by Gasteiger charge is -2.20. The first-order valence-electron chi connectivity index (χ1n) is 10.2. The summed E-state index contributed by atoms with van der Waals surface area (Å²) in [5, 5.41) is 5.25. The molecule has 4 rings (SSSR count). The molecule has 0 bridgehead atoms. The summed E-state index contributed by atoms with van der Waals surface area (Å²) in [7, 11) is 0. The molecule has 2 aromatic carbocycles. The highest BCUT2D eigenvalue weighted by atomic mass is 35.5. The Hall–Kier alpha value is -1.39. The molecule has 2 heterocycles. The molecule has 176 valence electrons. The normalized spacial score (nSPS) is 20.2. The van der Waals surface area contributed by atoms with Crippen molar-refractivity contribution in [1.82, 2.24) is 14.8 Å². The van der Waals surface area contributed by atoms with E-state index in [9.17, 15) is 8.78 Å².